The smallest absolute Gasteiger partial charge is 0.271 e. The predicted molar refractivity (Wildman–Crippen MR) is 153 cm³/mol. The first-order chi connectivity index (χ1) is 19.2. The Kier molecular flexibility index (Phi) is 8.97. The molecule has 0 fully saturated rings. The molecule has 4 rings (SSSR count). The number of carbonyl (C=O) groups is 2. The quantitative estimate of drug-likeness (QED) is 0.186. The van der Waals surface area contributed by atoms with Gasteiger partial charge in [0.25, 0.3) is 11.8 Å². The van der Waals surface area contributed by atoms with E-state index < -0.39 is 11.8 Å². The standard InChI is InChI=1S/C32H34N4O4/c1-21(2)39-17-9-16-35-31(37)28(23(5)29(19-33)32(35)38)18-25-20-36(26-10-7-6-8-11-26)34-30(25)24-12-14-27(15-13-24)40-22(3)4/h6-8,10-15,18,20-22H,9,16-17H2,1-5H3/b28-18+. The molecule has 1 aliphatic heterocycles. The van der Waals surface area contributed by atoms with Crippen molar-refractivity contribution in [3.05, 3.63) is 83.1 Å². The maximum atomic E-state index is 13.6. The second kappa shape index (κ2) is 12.6. The van der Waals surface area contributed by atoms with E-state index in [-0.39, 0.29) is 29.9 Å². The van der Waals surface area contributed by atoms with Crippen LogP contribution in [0, 0.1) is 11.3 Å². The number of hydrogen-bond acceptors (Lipinski definition) is 6. The summed E-state index contributed by atoms with van der Waals surface area (Å²) in [6, 6.07) is 19.3. The number of nitriles is 1. The molecule has 1 aliphatic rings. The zero-order chi connectivity index (χ0) is 28.8. The number of imide groups is 1. The molecule has 0 unspecified atom stereocenters. The molecule has 0 atom stereocenters. The van der Waals surface area contributed by atoms with Crippen molar-refractivity contribution in [3.63, 3.8) is 0 Å². The molecule has 0 aliphatic carbocycles. The van der Waals surface area contributed by atoms with E-state index >= 15 is 0 Å². The average molecular weight is 539 g/mol. The highest BCUT2D eigenvalue weighted by molar-refractivity contribution is 6.19. The van der Waals surface area contributed by atoms with Gasteiger partial charge in [0.15, 0.2) is 0 Å². The summed E-state index contributed by atoms with van der Waals surface area (Å²) in [6.07, 6.45) is 4.14. The van der Waals surface area contributed by atoms with Gasteiger partial charge in [0.1, 0.15) is 17.4 Å². The average Bonchev–Trinajstić information content (AvgIpc) is 3.35. The SMILES string of the molecule is CC1=C(C#N)C(=O)N(CCCOC(C)C)C(=O)/C1=C/c1cn(-c2ccccc2)nc1-c1ccc(OC(C)C)cc1. The van der Waals surface area contributed by atoms with Gasteiger partial charge in [-0.3, -0.25) is 14.5 Å². The third-order valence-electron chi connectivity index (χ3n) is 6.37. The molecular weight excluding hydrogens is 504 g/mol. The Morgan fingerprint density at radius 3 is 2.30 bits per heavy atom. The third kappa shape index (κ3) is 6.38. The van der Waals surface area contributed by atoms with Crippen LogP contribution < -0.4 is 4.74 Å². The van der Waals surface area contributed by atoms with Crippen molar-refractivity contribution in [3.8, 4) is 28.8 Å². The van der Waals surface area contributed by atoms with Gasteiger partial charge in [-0.05, 0) is 89.1 Å². The number of hydrogen-bond donors (Lipinski definition) is 0. The van der Waals surface area contributed by atoms with E-state index in [1.54, 1.807) is 17.7 Å². The normalized spacial score (nSPS) is 14.9. The van der Waals surface area contributed by atoms with Gasteiger partial charge in [-0.1, -0.05) is 18.2 Å². The van der Waals surface area contributed by atoms with Crippen LogP contribution in [0.1, 0.15) is 46.6 Å². The van der Waals surface area contributed by atoms with Crippen LogP contribution in [0.5, 0.6) is 5.75 Å². The molecule has 0 bridgehead atoms. The fourth-order valence-electron chi connectivity index (χ4n) is 4.42. The first-order valence-corrected chi connectivity index (χ1v) is 13.4. The Labute approximate surface area is 235 Å². The molecule has 2 amide bonds. The number of nitrogens with zero attached hydrogens (tertiary/aromatic N) is 4. The van der Waals surface area contributed by atoms with E-state index in [1.165, 1.54) is 0 Å². The molecule has 0 radical (unpaired) electrons. The first-order valence-electron chi connectivity index (χ1n) is 13.4. The van der Waals surface area contributed by atoms with Crippen LogP contribution in [-0.4, -0.2) is 51.9 Å². The fourth-order valence-corrected chi connectivity index (χ4v) is 4.42. The van der Waals surface area contributed by atoms with Gasteiger partial charge >= 0.3 is 0 Å². The molecule has 2 aromatic carbocycles. The maximum absolute atomic E-state index is 13.6. The monoisotopic (exact) mass is 538 g/mol. The Morgan fingerprint density at radius 1 is 0.975 bits per heavy atom. The largest absolute Gasteiger partial charge is 0.491 e. The summed E-state index contributed by atoms with van der Waals surface area (Å²) in [4.78, 5) is 27.8. The van der Waals surface area contributed by atoms with E-state index in [0.29, 0.717) is 29.9 Å². The summed E-state index contributed by atoms with van der Waals surface area (Å²) in [7, 11) is 0. The van der Waals surface area contributed by atoms with Crippen LogP contribution in [0.4, 0.5) is 0 Å². The summed E-state index contributed by atoms with van der Waals surface area (Å²) in [5, 5.41) is 14.6. The van der Waals surface area contributed by atoms with Gasteiger partial charge in [-0.2, -0.15) is 10.4 Å². The van der Waals surface area contributed by atoms with Crippen molar-refractivity contribution in [1.82, 2.24) is 14.7 Å². The molecule has 2 heterocycles. The molecule has 40 heavy (non-hydrogen) atoms. The van der Waals surface area contributed by atoms with Crippen molar-refractivity contribution in [2.24, 2.45) is 0 Å². The van der Waals surface area contributed by atoms with E-state index in [0.717, 1.165) is 21.9 Å². The van der Waals surface area contributed by atoms with Crippen molar-refractivity contribution in [2.75, 3.05) is 13.2 Å². The lowest BCUT2D eigenvalue weighted by molar-refractivity contribution is -0.140. The zero-order valence-electron chi connectivity index (χ0n) is 23.5. The number of para-hydroxylation sites is 1. The van der Waals surface area contributed by atoms with Gasteiger partial charge in [0, 0.05) is 36.0 Å². The van der Waals surface area contributed by atoms with Crippen molar-refractivity contribution >= 4 is 17.9 Å². The van der Waals surface area contributed by atoms with Gasteiger partial charge in [0.05, 0.1) is 23.6 Å². The topological polar surface area (TPSA) is 97.5 Å². The van der Waals surface area contributed by atoms with E-state index in [2.05, 4.69) is 0 Å². The number of carbonyl (C=O) groups excluding carboxylic acids is 2. The Morgan fingerprint density at radius 2 is 1.68 bits per heavy atom. The summed E-state index contributed by atoms with van der Waals surface area (Å²) < 4.78 is 13.1. The van der Waals surface area contributed by atoms with E-state index in [1.807, 2.05) is 94.6 Å². The zero-order valence-corrected chi connectivity index (χ0v) is 23.5. The highest BCUT2D eigenvalue weighted by atomic mass is 16.5. The fraction of sp³-hybridized carbons (Fsp3) is 0.312. The molecule has 0 N–H and O–H groups in total. The minimum Gasteiger partial charge on any atom is -0.491 e. The summed E-state index contributed by atoms with van der Waals surface area (Å²) in [5.41, 5.74) is 3.62. The number of amides is 2. The molecule has 3 aromatic rings. The van der Waals surface area contributed by atoms with Crippen LogP contribution in [0.25, 0.3) is 23.0 Å². The van der Waals surface area contributed by atoms with Crippen molar-refractivity contribution in [1.29, 1.82) is 5.26 Å². The Balaban J connectivity index is 1.78. The first kappa shape index (κ1) is 28.5. The highest BCUT2D eigenvalue weighted by Gasteiger charge is 2.35. The van der Waals surface area contributed by atoms with E-state index in [4.69, 9.17) is 14.6 Å². The predicted octanol–water partition coefficient (Wildman–Crippen LogP) is 5.73. The molecular formula is C32H34N4O4. The van der Waals surface area contributed by atoms with Crippen molar-refractivity contribution < 1.29 is 19.1 Å². The van der Waals surface area contributed by atoms with Crippen molar-refractivity contribution in [2.45, 2.75) is 53.2 Å². The van der Waals surface area contributed by atoms with Gasteiger partial charge in [-0.25, -0.2) is 4.68 Å². The number of aromatic nitrogens is 2. The molecule has 1 aromatic heterocycles. The maximum Gasteiger partial charge on any atom is 0.271 e. The van der Waals surface area contributed by atoms with Crippen LogP contribution in [-0.2, 0) is 14.3 Å². The lowest BCUT2D eigenvalue weighted by Crippen LogP contribution is -2.43. The van der Waals surface area contributed by atoms with Gasteiger partial charge in [-0.15, -0.1) is 0 Å². The molecule has 8 heteroatoms. The Bertz CT molecular complexity index is 1480. The lowest BCUT2D eigenvalue weighted by atomic mass is 9.93. The van der Waals surface area contributed by atoms with Gasteiger partial charge in [0.2, 0.25) is 0 Å². The molecule has 8 nitrogen and oxygen atoms in total. The number of benzene rings is 2. The highest BCUT2D eigenvalue weighted by Crippen LogP contribution is 2.32. The van der Waals surface area contributed by atoms with Crippen LogP contribution in [0.15, 0.2) is 77.5 Å². The second-order valence-corrected chi connectivity index (χ2v) is 10.1. The summed E-state index contributed by atoms with van der Waals surface area (Å²) >= 11 is 0. The van der Waals surface area contributed by atoms with Crippen LogP contribution >= 0.6 is 0 Å². The summed E-state index contributed by atoms with van der Waals surface area (Å²) in [6.45, 7) is 10.00. The number of rotatable bonds is 10. The molecule has 0 spiro atoms. The minimum atomic E-state index is -0.576. The lowest BCUT2D eigenvalue weighted by Gasteiger charge is -2.27. The van der Waals surface area contributed by atoms with Crippen LogP contribution in [0.3, 0.4) is 0 Å². The minimum absolute atomic E-state index is 0.0391. The molecule has 0 saturated heterocycles. The number of ether oxygens (including phenoxy) is 2. The van der Waals surface area contributed by atoms with Crippen LogP contribution in [0.2, 0.25) is 0 Å². The Hall–Kier alpha value is -4.48. The van der Waals surface area contributed by atoms with Gasteiger partial charge < -0.3 is 9.47 Å². The summed E-state index contributed by atoms with van der Waals surface area (Å²) in [5.74, 6) is -0.269. The second-order valence-electron chi connectivity index (χ2n) is 10.1. The van der Waals surface area contributed by atoms with E-state index in [9.17, 15) is 14.9 Å². The molecule has 206 valence electrons. The molecule has 0 saturated carbocycles. The third-order valence-corrected chi connectivity index (χ3v) is 6.37.